The minimum atomic E-state index is -0.471. The van der Waals surface area contributed by atoms with E-state index >= 15 is 0 Å². The fraction of sp³-hybridized carbons (Fsp3) is 0.185. The lowest BCUT2D eigenvalue weighted by molar-refractivity contribution is -0.112. The Hall–Kier alpha value is -3.91. The van der Waals surface area contributed by atoms with E-state index in [1.807, 2.05) is 50.2 Å². The molecule has 4 nitrogen and oxygen atoms in total. The van der Waals surface area contributed by atoms with Crippen molar-refractivity contribution in [3.63, 3.8) is 0 Å². The van der Waals surface area contributed by atoms with Gasteiger partial charge in [-0.2, -0.15) is 5.26 Å². The molecule has 32 heavy (non-hydrogen) atoms. The molecule has 0 saturated carbocycles. The minimum absolute atomic E-state index is 0.0137. The molecule has 3 aromatic carbocycles. The lowest BCUT2D eigenvalue weighted by Crippen LogP contribution is -2.14. The highest BCUT2D eigenvalue weighted by Gasteiger charge is 2.13. The average Bonchev–Trinajstić information content (AvgIpc) is 2.80. The molecule has 3 aromatic rings. The highest BCUT2D eigenvalue weighted by molar-refractivity contribution is 6.10. The SMILES string of the molecule is CCOc1cc(/C=C(\C#N)C(=O)Nc2ccccc2CC)ccc1Cc1ccccc1F. The van der Waals surface area contributed by atoms with Crippen LogP contribution in [0.15, 0.2) is 72.3 Å². The molecule has 0 spiro atoms. The fourth-order valence-corrected chi connectivity index (χ4v) is 3.40. The summed E-state index contributed by atoms with van der Waals surface area (Å²) in [5.74, 6) is -0.143. The molecular formula is C27H25FN2O2. The summed E-state index contributed by atoms with van der Waals surface area (Å²) in [5.41, 5.74) is 3.73. The number of carbonyl (C=O) groups is 1. The largest absolute Gasteiger partial charge is 0.494 e. The van der Waals surface area contributed by atoms with E-state index in [0.29, 0.717) is 35.6 Å². The molecule has 0 aliphatic carbocycles. The summed E-state index contributed by atoms with van der Waals surface area (Å²) in [5, 5.41) is 12.4. The van der Waals surface area contributed by atoms with Crippen LogP contribution >= 0.6 is 0 Å². The topological polar surface area (TPSA) is 62.1 Å². The second kappa shape index (κ2) is 10.9. The molecule has 0 saturated heterocycles. The van der Waals surface area contributed by atoms with Crippen LogP contribution in [0.2, 0.25) is 0 Å². The van der Waals surface area contributed by atoms with Crippen molar-refractivity contribution < 1.29 is 13.9 Å². The standard InChI is InChI=1S/C27H25FN2O2/c1-3-20-9-6-8-12-25(20)30-27(31)23(18-29)15-19-13-14-22(26(16-19)32-4-2)17-21-10-5-7-11-24(21)28/h5-16H,3-4,17H2,1-2H3,(H,30,31)/b23-15+. The number of ether oxygens (including phenoxy) is 1. The summed E-state index contributed by atoms with van der Waals surface area (Å²) in [6, 6.07) is 21.5. The van der Waals surface area contributed by atoms with Gasteiger partial charge in [0.25, 0.3) is 5.91 Å². The van der Waals surface area contributed by atoms with Gasteiger partial charge in [0.2, 0.25) is 0 Å². The van der Waals surface area contributed by atoms with Gasteiger partial charge in [0.15, 0.2) is 0 Å². The first-order chi connectivity index (χ1) is 15.5. The molecule has 0 atom stereocenters. The van der Waals surface area contributed by atoms with Crippen LogP contribution in [0.25, 0.3) is 6.08 Å². The van der Waals surface area contributed by atoms with Crippen LogP contribution in [0.5, 0.6) is 5.75 Å². The zero-order valence-electron chi connectivity index (χ0n) is 18.2. The first-order valence-corrected chi connectivity index (χ1v) is 10.6. The molecule has 3 rings (SSSR count). The van der Waals surface area contributed by atoms with E-state index < -0.39 is 5.91 Å². The van der Waals surface area contributed by atoms with Crippen molar-refractivity contribution in [2.24, 2.45) is 0 Å². The van der Waals surface area contributed by atoms with E-state index in [0.717, 1.165) is 17.5 Å². The first-order valence-electron chi connectivity index (χ1n) is 10.6. The molecular weight excluding hydrogens is 403 g/mol. The Labute approximate surface area is 188 Å². The molecule has 1 N–H and O–H groups in total. The van der Waals surface area contributed by atoms with Gasteiger partial charge in [-0.3, -0.25) is 4.79 Å². The summed E-state index contributed by atoms with van der Waals surface area (Å²) in [6.07, 6.45) is 2.67. The average molecular weight is 429 g/mol. The van der Waals surface area contributed by atoms with Crippen LogP contribution in [0.1, 0.15) is 36.1 Å². The number of carbonyl (C=O) groups excluding carboxylic acids is 1. The Bertz CT molecular complexity index is 1180. The monoisotopic (exact) mass is 428 g/mol. The summed E-state index contributed by atoms with van der Waals surface area (Å²) in [4.78, 5) is 12.7. The van der Waals surface area contributed by atoms with Crippen molar-refractivity contribution in [3.05, 3.63) is 100 Å². The van der Waals surface area contributed by atoms with E-state index in [1.165, 1.54) is 12.1 Å². The predicted molar refractivity (Wildman–Crippen MR) is 125 cm³/mol. The zero-order chi connectivity index (χ0) is 22.9. The van der Waals surface area contributed by atoms with E-state index in [-0.39, 0.29) is 11.4 Å². The second-order valence-electron chi connectivity index (χ2n) is 7.20. The van der Waals surface area contributed by atoms with Gasteiger partial charge in [0.05, 0.1) is 6.61 Å². The lowest BCUT2D eigenvalue weighted by Gasteiger charge is -2.12. The van der Waals surface area contributed by atoms with E-state index in [9.17, 15) is 14.4 Å². The molecule has 0 fully saturated rings. The summed E-state index contributed by atoms with van der Waals surface area (Å²) in [6.45, 7) is 4.32. The Kier molecular flexibility index (Phi) is 7.77. The van der Waals surface area contributed by atoms with Gasteiger partial charge in [-0.05, 0) is 59.9 Å². The number of benzene rings is 3. The highest BCUT2D eigenvalue weighted by Crippen LogP contribution is 2.26. The van der Waals surface area contributed by atoms with Gasteiger partial charge in [-0.1, -0.05) is 55.5 Å². The fourth-order valence-electron chi connectivity index (χ4n) is 3.40. The number of para-hydroxylation sites is 1. The van der Waals surface area contributed by atoms with E-state index in [4.69, 9.17) is 4.74 Å². The van der Waals surface area contributed by atoms with Crippen LogP contribution in [-0.2, 0) is 17.6 Å². The third-order valence-electron chi connectivity index (χ3n) is 5.05. The molecule has 5 heteroatoms. The third kappa shape index (κ3) is 5.61. The van der Waals surface area contributed by atoms with Crippen LogP contribution in [-0.4, -0.2) is 12.5 Å². The second-order valence-corrected chi connectivity index (χ2v) is 7.20. The Morgan fingerprint density at radius 1 is 1.03 bits per heavy atom. The minimum Gasteiger partial charge on any atom is -0.494 e. The molecule has 162 valence electrons. The van der Waals surface area contributed by atoms with Crippen LogP contribution < -0.4 is 10.1 Å². The van der Waals surface area contributed by atoms with Crippen molar-refractivity contribution in [2.45, 2.75) is 26.7 Å². The number of nitrogens with zero attached hydrogens (tertiary/aromatic N) is 1. The Morgan fingerprint density at radius 2 is 1.75 bits per heavy atom. The number of nitriles is 1. The molecule has 0 unspecified atom stereocenters. The lowest BCUT2D eigenvalue weighted by atomic mass is 10.0. The highest BCUT2D eigenvalue weighted by atomic mass is 19.1. The van der Waals surface area contributed by atoms with Gasteiger partial charge in [0.1, 0.15) is 23.2 Å². The maximum atomic E-state index is 14.1. The molecule has 0 heterocycles. The summed E-state index contributed by atoms with van der Waals surface area (Å²) < 4.78 is 19.8. The van der Waals surface area contributed by atoms with Gasteiger partial charge in [-0.15, -0.1) is 0 Å². The van der Waals surface area contributed by atoms with Crippen molar-refractivity contribution in [1.29, 1.82) is 5.26 Å². The number of aryl methyl sites for hydroxylation is 1. The molecule has 0 radical (unpaired) electrons. The normalized spacial score (nSPS) is 11.0. The van der Waals surface area contributed by atoms with Crippen molar-refractivity contribution >= 4 is 17.7 Å². The van der Waals surface area contributed by atoms with Crippen LogP contribution in [0.4, 0.5) is 10.1 Å². The number of halogens is 1. The van der Waals surface area contributed by atoms with Crippen molar-refractivity contribution in [1.82, 2.24) is 0 Å². The quantitative estimate of drug-likeness (QED) is 0.358. The number of rotatable bonds is 8. The number of amides is 1. The van der Waals surface area contributed by atoms with Gasteiger partial charge < -0.3 is 10.1 Å². The van der Waals surface area contributed by atoms with Crippen LogP contribution in [0.3, 0.4) is 0 Å². The molecule has 1 amide bonds. The van der Waals surface area contributed by atoms with Crippen LogP contribution in [0, 0.1) is 17.1 Å². The molecule has 0 aliphatic heterocycles. The molecule has 0 bridgehead atoms. The Balaban J connectivity index is 1.87. The Morgan fingerprint density at radius 3 is 2.44 bits per heavy atom. The van der Waals surface area contributed by atoms with E-state index in [1.54, 1.807) is 30.3 Å². The van der Waals surface area contributed by atoms with E-state index in [2.05, 4.69) is 5.32 Å². The first kappa shape index (κ1) is 22.8. The zero-order valence-corrected chi connectivity index (χ0v) is 18.2. The number of hydrogen-bond donors (Lipinski definition) is 1. The molecule has 0 aliphatic rings. The maximum absolute atomic E-state index is 14.1. The van der Waals surface area contributed by atoms with Gasteiger partial charge in [-0.25, -0.2) is 4.39 Å². The number of nitrogens with one attached hydrogen (secondary N) is 1. The number of anilines is 1. The molecule has 0 aromatic heterocycles. The maximum Gasteiger partial charge on any atom is 0.266 e. The van der Waals surface area contributed by atoms with Crippen molar-refractivity contribution in [2.75, 3.05) is 11.9 Å². The summed E-state index contributed by atoms with van der Waals surface area (Å²) >= 11 is 0. The predicted octanol–water partition coefficient (Wildman–Crippen LogP) is 5.92. The van der Waals surface area contributed by atoms with Gasteiger partial charge >= 0.3 is 0 Å². The van der Waals surface area contributed by atoms with Crippen molar-refractivity contribution in [3.8, 4) is 11.8 Å². The summed E-state index contributed by atoms with van der Waals surface area (Å²) in [7, 11) is 0. The van der Waals surface area contributed by atoms with Gasteiger partial charge in [0, 0.05) is 12.1 Å². The third-order valence-corrected chi connectivity index (χ3v) is 5.05. The number of hydrogen-bond acceptors (Lipinski definition) is 3. The smallest absolute Gasteiger partial charge is 0.266 e.